The fourth-order valence-corrected chi connectivity index (χ4v) is 4.32. The van der Waals surface area contributed by atoms with Gasteiger partial charge in [-0.05, 0) is 49.7 Å². The highest BCUT2D eigenvalue weighted by Crippen LogP contribution is 2.27. The smallest absolute Gasteiger partial charge is 0.289 e. The number of furan rings is 1. The van der Waals surface area contributed by atoms with Crippen LogP contribution in [0.3, 0.4) is 0 Å². The Bertz CT molecular complexity index is 1260. The summed E-state index contributed by atoms with van der Waals surface area (Å²) in [5.41, 5.74) is 4.09. The number of halogens is 1. The van der Waals surface area contributed by atoms with Crippen molar-refractivity contribution in [2.75, 3.05) is 13.1 Å². The van der Waals surface area contributed by atoms with Gasteiger partial charge in [-0.2, -0.15) is 0 Å². The third-order valence-electron chi connectivity index (χ3n) is 6.05. The number of pyridine rings is 1. The minimum Gasteiger partial charge on any atom is -0.490 e. The maximum atomic E-state index is 12.7. The second-order valence-corrected chi connectivity index (χ2v) is 8.42. The monoisotopic (exact) mass is 462 g/mol. The van der Waals surface area contributed by atoms with Gasteiger partial charge >= 0.3 is 0 Å². The van der Waals surface area contributed by atoms with E-state index in [-0.39, 0.29) is 24.4 Å². The number of hydrogen-bond acceptors (Lipinski definition) is 4. The minimum atomic E-state index is -0.0256. The van der Waals surface area contributed by atoms with Crippen LogP contribution in [0.2, 0.25) is 0 Å². The van der Waals surface area contributed by atoms with Crippen LogP contribution in [0.25, 0.3) is 22.0 Å². The number of likely N-dealkylation sites (tertiary alicyclic amines) is 1. The Morgan fingerprint density at radius 1 is 1.00 bits per heavy atom. The first-order chi connectivity index (χ1) is 15.6. The molecule has 6 heteroatoms. The SMILES string of the molecule is Cc1cc(C)c(C(=O)N2CCC(Oc3ccc(-c4cnc5ccccc5c4)cc3)CC2)o1.Cl. The number of carbonyl (C=O) groups is 1. The molecule has 2 aromatic carbocycles. The predicted octanol–water partition coefficient (Wildman–Crippen LogP) is 6.22. The number of aromatic nitrogens is 1. The van der Waals surface area contributed by atoms with Gasteiger partial charge in [0.25, 0.3) is 5.91 Å². The summed E-state index contributed by atoms with van der Waals surface area (Å²) in [6, 6.07) is 20.4. The van der Waals surface area contributed by atoms with Crippen LogP contribution in [0.5, 0.6) is 5.75 Å². The second kappa shape index (κ2) is 9.67. The van der Waals surface area contributed by atoms with Crippen LogP contribution in [-0.4, -0.2) is 35.0 Å². The highest BCUT2D eigenvalue weighted by atomic mass is 35.5. The van der Waals surface area contributed by atoms with Crippen molar-refractivity contribution in [1.82, 2.24) is 9.88 Å². The van der Waals surface area contributed by atoms with Crippen LogP contribution >= 0.6 is 12.4 Å². The van der Waals surface area contributed by atoms with Crippen molar-refractivity contribution in [1.29, 1.82) is 0 Å². The molecule has 2 aromatic heterocycles. The maximum Gasteiger partial charge on any atom is 0.289 e. The van der Waals surface area contributed by atoms with Crippen molar-refractivity contribution in [3.63, 3.8) is 0 Å². The molecule has 0 spiro atoms. The highest BCUT2D eigenvalue weighted by Gasteiger charge is 2.27. The van der Waals surface area contributed by atoms with E-state index in [2.05, 4.69) is 29.2 Å². The van der Waals surface area contributed by atoms with E-state index >= 15 is 0 Å². The summed E-state index contributed by atoms with van der Waals surface area (Å²) in [6.07, 6.45) is 3.63. The van der Waals surface area contributed by atoms with Crippen molar-refractivity contribution < 1.29 is 13.9 Å². The molecule has 0 bridgehead atoms. The Morgan fingerprint density at radius 2 is 1.73 bits per heavy atom. The fourth-order valence-electron chi connectivity index (χ4n) is 4.32. The van der Waals surface area contributed by atoms with Gasteiger partial charge < -0.3 is 14.1 Å². The quantitative estimate of drug-likeness (QED) is 0.361. The molecule has 0 N–H and O–H groups in total. The number of ether oxygens (including phenoxy) is 1. The molecule has 0 radical (unpaired) electrons. The Hall–Kier alpha value is -3.31. The molecule has 0 aliphatic carbocycles. The number of benzene rings is 2. The van der Waals surface area contributed by atoms with Crippen molar-refractivity contribution in [3.8, 4) is 16.9 Å². The lowest BCUT2D eigenvalue weighted by Gasteiger charge is -2.31. The molecule has 1 aliphatic heterocycles. The zero-order chi connectivity index (χ0) is 22.1. The number of aryl methyl sites for hydroxylation is 2. The lowest BCUT2D eigenvalue weighted by molar-refractivity contribution is 0.0564. The lowest BCUT2D eigenvalue weighted by atomic mass is 10.0. The van der Waals surface area contributed by atoms with Gasteiger partial charge in [-0.15, -0.1) is 12.4 Å². The van der Waals surface area contributed by atoms with Crippen LogP contribution in [0, 0.1) is 13.8 Å². The number of para-hydroxylation sites is 1. The molecule has 3 heterocycles. The van der Waals surface area contributed by atoms with Gasteiger partial charge in [0.2, 0.25) is 0 Å². The molecule has 4 aromatic rings. The summed E-state index contributed by atoms with van der Waals surface area (Å²) in [4.78, 5) is 19.2. The van der Waals surface area contributed by atoms with E-state index in [1.54, 1.807) is 0 Å². The largest absolute Gasteiger partial charge is 0.490 e. The molecule has 0 atom stereocenters. The number of rotatable bonds is 4. The van der Waals surface area contributed by atoms with Crippen LogP contribution in [0.4, 0.5) is 0 Å². The molecule has 5 rings (SSSR count). The molecule has 170 valence electrons. The van der Waals surface area contributed by atoms with Gasteiger partial charge in [-0.3, -0.25) is 9.78 Å². The van der Waals surface area contributed by atoms with E-state index in [0.29, 0.717) is 18.8 Å². The number of amides is 1. The number of hydrogen-bond donors (Lipinski definition) is 0. The Labute approximate surface area is 199 Å². The van der Waals surface area contributed by atoms with Gasteiger partial charge in [-0.25, -0.2) is 0 Å². The fraction of sp³-hybridized carbons (Fsp3) is 0.259. The molecule has 0 saturated carbocycles. The Morgan fingerprint density at radius 3 is 2.42 bits per heavy atom. The van der Waals surface area contributed by atoms with Crippen molar-refractivity contribution in [3.05, 3.63) is 83.9 Å². The standard InChI is InChI=1S/C27H26N2O3.ClH/c1-18-15-19(2)31-26(18)27(30)29-13-11-24(12-14-29)32-23-9-7-20(8-10-23)22-16-21-5-3-4-6-25(21)28-17-22;/h3-10,15-17,24H,11-14H2,1-2H3;1H. The van der Waals surface area contributed by atoms with Gasteiger partial charge in [-0.1, -0.05) is 30.3 Å². The van der Waals surface area contributed by atoms with Crippen LogP contribution in [-0.2, 0) is 0 Å². The van der Waals surface area contributed by atoms with E-state index < -0.39 is 0 Å². The van der Waals surface area contributed by atoms with E-state index in [1.165, 1.54) is 0 Å². The van der Waals surface area contributed by atoms with E-state index in [0.717, 1.165) is 51.9 Å². The molecule has 5 nitrogen and oxygen atoms in total. The summed E-state index contributed by atoms with van der Waals surface area (Å²) in [5.74, 6) is 2.06. The van der Waals surface area contributed by atoms with Crippen LogP contribution < -0.4 is 4.74 Å². The van der Waals surface area contributed by atoms with Crippen LogP contribution in [0.15, 0.2) is 71.3 Å². The third kappa shape index (κ3) is 4.88. The second-order valence-electron chi connectivity index (χ2n) is 8.42. The third-order valence-corrected chi connectivity index (χ3v) is 6.05. The molecule has 1 saturated heterocycles. The average molecular weight is 463 g/mol. The first-order valence-corrected chi connectivity index (χ1v) is 11.0. The van der Waals surface area contributed by atoms with Gasteiger partial charge in [0.15, 0.2) is 5.76 Å². The summed E-state index contributed by atoms with van der Waals surface area (Å²) in [6.45, 7) is 5.12. The van der Waals surface area contributed by atoms with Gasteiger partial charge in [0.05, 0.1) is 5.52 Å². The normalized spacial score (nSPS) is 14.2. The van der Waals surface area contributed by atoms with E-state index in [4.69, 9.17) is 9.15 Å². The number of nitrogens with zero attached hydrogens (tertiary/aromatic N) is 2. The van der Waals surface area contributed by atoms with Crippen molar-refractivity contribution in [2.24, 2.45) is 0 Å². The van der Waals surface area contributed by atoms with E-state index in [9.17, 15) is 4.79 Å². The zero-order valence-electron chi connectivity index (χ0n) is 18.8. The summed E-state index contributed by atoms with van der Waals surface area (Å²) in [7, 11) is 0. The van der Waals surface area contributed by atoms with Crippen molar-refractivity contribution >= 4 is 29.2 Å². The maximum absolute atomic E-state index is 12.7. The molecule has 1 amide bonds. The summed E-state index contributed by atoms with van der Waals surface area (Å²) in [5, 5.41) is 1.13. The highest BCUT2D eigenvalue weighted by molar-refractivity contribution is 5.93. The zero-order valence-corrected chi connectivity index (χ0v) is 19.6. The van der Waals surface area contributed by atoms with Gasteiger partial charge in [0.1, 0.15) is 17.6 Å². The Kier molecular flexibility index (Phi) is 6.70. The molecular formula is C27H27ClN2O3. The average Bonchev–Trinajstić information content (AvgIpc) is 3.17. The first-order valence-electron chi connectivity index (χ1n) is 11.0. The number of piperidine rings is 1. The molecular weight excluding hydrogens is 436 g/mol. The molecule has 0 unspecified atom stereocenters. The molecule has 33 heavy (non-hydrogen) atoms. The topological polar surface area (TPSA) is 55.6 Å². The Balaban J connectivity index is 0.00000259. The van der Waals surface area contributed by atoms with Crippen molar-refractivity contribution in [2.45, 2.75) is 32.8 Å². The number of carbonyl (C=O) groups excluding carboxylic acids is 1. The molecule has 1 aliphatic rings. The van der Waals surface area contributed by atoms with E-state index in [1.807, 2.05) is 61.3 Å². The van der Waals surface area contributed by atoms with Crippen LogP contribution in [0.1, 0.15) is 34.7 Å². The number of fused-ring (bicyclic) bond motifs is 1. The predicted molar refractivity (Wildman–Crippen MR) is 132 cm³/mol. The van der Waals surface area contributed by atoms with Gasteiger partial charge in [0, 0.05) is 48.6 Å². The lowest BCUT2D eigenvalue weighted by Crippen LogP contribution is -2.41. The molecule has 1 fully saturated rings. The minimum absolute atomic E-state index is 0. The summed E-state index contributed by atoms with van der Waals surface area (Å²) >= 11 is 0. The first kappa shape index (κ1) is 22.9. The summed E-state index contributed by atoms with van der Waals surface area (Å²) < 4.78 is 11.8.